The largest absolute Gasteiger partial charge is 0.408 e. The van der Waals surface area contributed by atoms with Crippen molar-refractivity contribution in [3.05, 3.63) is 58.5 Å². The second-order valence-electron chi connectivity index (χ2n) is 9.30. The molecule has 2 aromatic heterocycles. The van der Waals surface area contributed by atoms with Crippen LogP contribution in [0.25, 0.3) is 10.9 Å². The summed E-state index contributed by atoms with van der Waals surface area (Å²) >= 11 is 0. The van der Waals surface area contributed by atoms with Crippen LogP contribution in [0.2, 0.25) is 0 Å². The molecule has 178 valence electrons. The number of alkyl halides is 3. The molecule has 6 rings (SSSR count). The molecule has 3 aromatic rings. The Balaban J connectivity index is 1.36. The molecule has 1 aromatic carbocycles. The quantitative estimate of drug-likeness (QED) is 0.614. The molecule has 1 N–H and O–H groups in total. The van der Waals surface area contributed by atoms with Crippen molar-refractivity contribution in [1.29, 1.82) is 0 Å². The van der Waals surface area contributed by atoms with Crippen molar-refractivity contribution in [2.45, 2.75) is 44.3 Å². The molecule has 1 saturated heterocycles. The van der Waals surface area contributed by atoms with Gasteiger partial charge in [0.25, 0.3) is 5.56 Å². The molecule has 4 heterocycles. The monoisotopic (exact) mass is 471 g/mol. The number of fused-ring (bicyclic) bond motifs is 3. The van der Waals surface area contributed by atoms with Gasteiger partial charge >= 0.3 is 6.18 Å². The van der Waals surface area contributed by atoms with Gasteiger partial charge in [-0.3, -0.25) is 14.3 Å². The van der Waals surface area contributed by atoms with E-state index in [1.54, 1.807) is 24.4 Å². The standard InChI is InChI=1S/C24H24F3N5O2/c25-24(26,27)20-6-8-31-22(33)10-21(29-11-19-17-9-15(17)13-34-19)30-23(31)32(20)12-14-3-1-5-18-16(14)4-2-7-28-18/h1-5,7,10,15,17,19-20,29H,6,8-9,11-13H2/t15?,17?,19-,20+/m1/s1. The van der Waals surface area contributed by atoms with Crippen molar-refractivity contribution in [2.24, 2.45) is 11.8 Å². The molecule has 0 amide bonds. The first-order chi connectivity index (χ1) is 16.4. The topological polar surface area (TPSA) is 72.3 Å². The highest BCUT2D eigenvalue weighted by atomic mass is 19.4. The Morgan fingerprint density at radius 2 is 2.09 bits per heavy atom. The number of hydrogen-bond donors (Lipinski definition) is 1. The van der Waals surface area contributed by atoms with Gasteiger partial charge in [0.05, 0.1) is 18.2 Å². The van der Waals surface area contributed by atoms with E-state index in [9.17, 15) is 18.0 Å². The summed E-state index contributed by atoms with van der Waals surface area (Å²) in [6.07, 6.45) is -1.83. The lowest BCUT2D eigenvalue weighted by atomic mass is 10.0. The average Bonchev–Trinajstić information content (AvgIpc) is 3.49. The van der Waals surface area contributed by atoms with E-state index < -0.39 is 12.2 Å². The summed E-state index contributed by atoms with van der Waals surface area (Å²) in [5, 5.41) is 3.91. The Morgan fingerprint density at radius 3 is 2.85 bits per heavy atom. The molecule has 10 heteroatoms. The van der Waals surface area contributed by atoms with Gasteiger partial charge in [0.2, 0.25) is 5.95 Å². The maximum atomic E-state index is 14.1. The Morgan fingerprint density at radius 1 is 1.21 bits per heavy atom. The summed E-state index contributed by atoms with van der Waals surface area (Å²) in [5.74, 6) is 1.45. The smallest absolute Gasteiger partial charge is 0.376 e. The highest BCUT2D eigenvalue weighted by Crippen LogP contribution is 2.48. The summed E-state index contributed by atoms with van der Waals surface area (Å²) in [6.45, 7) is 1.15. The summed E-state index contributed by atoms with van der Waals surface area (Å²) in [6, 6.07) is 8.61. The van der Waals surface area contributed by atoms with Gasteiger partial charge in [0.1, 0.15) is 11.9 Å². The van der Waals surface area contributed by atoms with Gasteiger partial charge in [-0.25, -0.2) is 0 Å². The number of pyridine rings is 1. The summed E-state index contributed by atoms with van der Waals surface area (Å²) in [7, 11) is 0. The number of nitrogens with zero attached hydrogens (tertiary/aromatic N) is 4. The summed E-state index contributed by atoms with van der Waals surface area (Å²) in [5.41, 5.74) is 1.03. The van der Waals surface area contributed by atoms with Crippen LogP contribution in [0.4, 0.5) is 24.9 Å². The second kappa shape index (κ2) is 7.97. The fourth-order valence-corrected chi connectivity index (χ4v) is 5.27. The highest BCUT2D eigenvalue weighted by molar-refractivity contribution is 5.82. The lowest BCUT2D eigenvalue weighted by molar-refractivity contribution is -0.153. The molecular formula is C24H24F3N5O2. The van der Waals surface area contributed by atoms with E-state index in [1.807, 2.05) is 12.1 Å². The van der Waals surface area contributed by atoms with Gasteiger partial charge < -0.3 is 15.0 Å². The maximum absolute atomic E-state index is 14.1. The maximum Gasteiger partial charge on any atom is 0.408 e. The van der Waals surface area contributed by atoms with Crippen LogP contribution in [0.15, 0.2) is 47.4 Å². The zero-order chi connectivity index (χ0) is 23.4. The molecule has 1 saturated carbocycles. The van der Waals surface area contributed by atoms with Crippen LogP contribution in [0.1, 0.15) is 18.4 Å². The minimum Gasteiger partial charge on any atom is -0.376 e. The third kappa shape index (κ3) is 3.79. The number of nitrogens with one attached hydrogen (secondary N) is 1. The zero-order valence-corrected chi connectivity index (χ0v) is 18.3. The van der Waals surface area contributed by atoms with Crippen molar-refractivity contribution >= 4 is 22.7 Å². The first-order valence-electron chi connectivity index (χ1n) is 11.5. The fourth-order valence-electron chi connectivity index (χ4n) is 5.27. The second-order valence-corrected chi connectivity index (χ2v) is 9.30. The third-order valence-corrected chi connectivity index (χ3v) is 7.17. The van der Waals surface area contributed by atoms with Gasteiger partial charge in [0.15, 0.2) is 0 Å². The van der Waals surface area contributed by atoms with Crippen LogP contribution in [0.5, 0.6) is 0 Å². The van der Waals surface area contributed by atoms with E-state index in [-0.39, 0.29) is 42.9 Å². The predicted molar refractivity (Wildman–Crippen MR) is 121 cm³/mol. The number of anilines is 2. The zero-order valence-electron chi connectivity index (χ0n) is 18.3. The Labute approximate surface area is 193 Å². The van der Waals surface area contributed by atoms with Gasteiger partial charge in [-0.05, 0) is 42.4 Å². The lowest BCUT2D eigenvalue weighted by Gasteiger charge is -2.39. The first kappa shape index (κ1) is 21.4. The third-order valence-electron chi connectivity index (χ3n) is 7.17. The summed E-state index contributed by atoms with van der Waals surface area (Å²) < 4.78 is 49.4. The molecule has 7 nitrogen and oxygen atoms in total. The lowest BCUT2D eigenvalue weighted by Crippen LogP contribution is -2.52. The molecule has 4 atom stereocenters. The van der Waals surface area contributed by atoms with Gasteiger partial charge in [-0.15, -0.1) is 0 Å². The molecule has 0 bridgehead atoms. The fraction of sp³-hybridized carbons (Fsp3) is 0.458. The number of hydrogen-bond acceptors (Lipinski definition) is 6. The van der Waals surface area contributed by atoms with Crippen molar-refractivity contribution in [1.82, 2.24) is 14.5 Å². The van der Waals surface area contributed by atoms with Crippen LogP contribution in [0, 0.1) is 11.8 Å². The van der Waals surface area contributed by atoms with Crippen LogP contribution >= 0.6 is 0 Å². The molecule has 34 heavy (non-hydrogen) atoms. The molecule has 2 fully saturated rings. The van der Waals surface area contributed by atoms with Crippen molar-refractivity contribution < 1.29 is 17.9 Å². The molecule has 1 aliphatic carbocycles. The molecule has 0 radical (unpaired) electrons. The SMILES string of the molecule is O=c1cc(NC[C@H]2OCC3CC32)nc2n1CC[C@@H](C(F)(F)F)N2Cc1cccc2ncccc12. The minimum absolute atomic E-state index is 0.0288. The van der Waals surface area contributed by atoms with E-state index >= 15 is 0 Å². The Hall–Kier alpha value is -3.14. The molecule has 0 spiro atoms. The highest BCUT2D eigenvalue weighted by Gasteiger charge is 2.49. The van der Waals surface area contributed by atoms with E-state index in [0.717, 1.165) is 18.4 Å². The average molecular weight is 471 g/mol. The Bertz CT molecular complexity index is 1290. The van der Waals surface area contributed by atoms with Crippen LogP contribution in [-0.2, 0) is 17.8 Å². The number of rotatable bonds is 5. The number of benzene rings is 1. The van der Waals surface area contributed by atoms with Gasteiger partial charge in [0, 0.05) is 37.3 Å². The molecule has 2 unspecified atom stereocenters. The number of halogens is 3. The van der Waals surface area contributed by atoms with Crippen molar-refractivity contribution in [3.63, 3.8) is 0 Å². The van der Waals surface area contributed by atoms with Crippen LogP contribution in [-0.4, -0.2) is 46.0 Å². The molecular weight excluding hydrogens is 447 g/mol. The predicted octanol–water partition coefficient (Wildman–Crippen LogP) is 3.58. The minimum atomic E-state index is -4.46. The van der Waals surface area contributed by atoms with Gasteiger partial charge in [-0.1, -0.05) is 18.2 Å². The van der Waals surface area contributed by atoms with Crippen LogP contribution in [0.3, 0.4) is 0 Å². The van der Waals surface area contributed by atoms with E-state index in [2.05, 4.69) is 15.3 Å². The summed E-state index contributed by atoms with van der Waals surface area (Å²) in [4.78, 5) is 22.9. The number of aromatic nitrogens is 3. The number of ether oxygens (including phenoxy) is 1. The normalized spacial score (nSPS) is 25.8. The molecule has 2 aliphatic heterocycles. The van der Waals surface area contributed by atoms with E-state index in [1.165, 1.54) is 15.5 Å². The van der Waals surface area contributed by atoms with E-state index in [0.29, 0.717) is 29.5 Å². The van der Waals surface area contributed by atoms with Crippen molar-refractivity contribution in [3.8, 4) is 0 Å². The van der Waals surface area contributed by atoms with Crippen molar-refractivity contribution in [2.75, 3.05) is 23.4 Å². The molecule has 3 aliphatic rings. The van der Waals surface area contributed by atoms with Gasteiger partial charge in [-0.2, -0.15) is 18.2 Å². The Kier molecular flexibility index (Phi) is 5.02. The van der Waals surface area contributed by atoms with E-state index in [4.69, 9.17) is 4.74 Å². The van der Waals surface area contributed by atoms with Crippen LogP contribution < -0.4 is 15.8 Å². The first-order valence-corrected chi connectivity index (χ1v) is 11.5.